The lowest BCUT2D eigenvalue weighted by molar-refractivity contribution is 0.0376. The van der Waals surface area contributed by atoms with E-state index in [2.05, 4.69) is 19.9 Å². The number of aliphatic hydroxyl groups is 1. The molecule has 0 radical (unpaired) electrons. The Balaban J connectivity index is 1.25. The molecule has 8 nitrogen and oxygen atoms in total. The fourth-order valence-electron chi connectivity index (χ4n) is 4.47. The number of amides is 1. The average Bonchev–Trinajstić information content (AvgIpc) is 3.20. The van der Waals surface area contributed by atoms with Gasteiger partial charge >= 0.3 is 0 Å². The molecule has 2 aliphatic heterocycles. The molecular formula is C22H22Cl2N6O2. The van der Waals surface area contributed by atoms with Gasteiger partial charge in [-0.05, 0) is 30.3 Å². The summed E-state index contributed by atoms with van der Waals surface area (Å²) in [6.07, 6.45) is 2.56. The Morgan fingerprint density at radius 1 is 0.969 bits per heavy atom. The summed E-state index contributed by atoms with van der Waals surface area (Å²) in [5, 5.41) is 11.9. The highest BCUT2D eigenvalue weighted by atomic mass is 35.5. The summed E-state index contributed by atoms with van der Waals surface area (Å²) >= 11 is 12.0. The second-order valence-electron chi connectivity index (χ2n) is 8.09. The van der Waals surface area contributed by atoms with E-state index in [4.69, 9.17) is 23.2 Å². The molecule has 32 heavy (non-hydrogen) atoms. The first-order chi connectivity index (χ1) is 15.5. The number of benzene rings is 1. The Hall–Kier alpha value is -2.52. The largest absolute Gasteiger partial charge is 0.390 e. The topological polar surface area (TPSA) is 85.7 Å². The van der Waals surface area contributed by atoms with Crippen LogP contribution in [0.25, 0.3) is 11.0 Å². The third kappa shape index (κ3) is 4.11. The Bertz CT molecular complexity index is 1140. The number of halogens is 2. The molecule has 1 aromatic carbocycles. The van der Waals surface area contributed by atoms with E-state index < -0.39 is 6.10 Å². The standard InChI is InChI=1S/C22H22Cl2N6O2/c23-15-3-1-14(2-4-15)22(32)29-7-5-28(6-8-29)18-11-30(12-19(18)31)21-20-17(26-13-27-21)9-16(24)10-25-20/h1-4,9-10,13,18-19,31H,5-8,11-12H2. The Kier molecular flexibility index (Phi) is 5.86. The van der Waals surface area contributed by atoms with Crippen molar-refractivity contribution in [2.24, 2.45) is 0 Å². The maximum absolute atomic E-state index is 12.8. The van der Waals surface area contributed by atoms with Gasteiger partial charge in [-0.15, -0.1) is 0 Å². The molecule has 0 aliphatic carbocycles. The summed E-state index contributed by atoms with van der Waals surface area (Å²) in [4.78, 5) is 32.0. The summed E-state index contributed by atoms with van der Waals surface area (Å²) in [7, 11) is 0. The lowest BCUT2D eigenvalue weighted by Gasteiger charge is -2.38. The van der Waals surface area contributed by atoms with Gasteiger partial charge in [-0.2, -0.15) is 0 Å². The summed E-state index contributed by atoms with van der Waals surface area (Å²) in [5.41, 5.74) is 1.98. The van der Waals surface area contributed by atoms with Crippen molar-refractivity contribution in [3.63, 3.8) is 0 Å². The minimum absolute atomic E-state index is 0.00658. The van der Waals surface area contributed by atoms with Gasteiger partial charge in [0.2, 0.25) is 0 Å². The van der Waals surface area contributed by atoms with E-state index in [1.54, 1.807) is 36.5 Å². The summed E-state index contributed by atoms with van der Waals surface area (Å²) in [6, 6.07) is 8.68. The minimum atomic E-state index is -0.522. The molecule has 166 valence electrons. The number of nitrogens with zero attached hydrogens (tertiary/aromatic N) is 6. The summed E-state index contributed by atoms with van der Waals surface area (Å²) in [6.45, 7) is 3.72. The van der Waals surface area contributed by atoms with Gasteiger partial charge in [-0.1, -0.05) is 23.2 Å². The number of fused-ring (bicyclic) bond motifs is 1. The van der Waals surface area contributed by atoms with E-state index in [9.17, 15) is 9.90 Å². The van der Waals surface area contributed by atoms with Gasteiger partial charge in [0.15, 0.2) is 5.82 Å². The molecule has 1 N–H and O–H groups in total. The third-order valence-corrected chi connectivity index (χ3v) is 6.60. The van der Waals surface area contributed by atoms with Crippen molar-refractivity contribution < 1.29 is 9.90 Å². The zero-order valence-electron chi connectivity index (χ0n) is 17.2. The van der Waals surface area contributed by atoms with Crippen molar-refractivity contribution in [1.82, 2.24) is 24.8 Å². The molecule has 2 unspecified atom stereocenters. The lowest BCUT2D eigenvalue weighted by atomic mass is 10.1. The van der Waals surface area contributed by atoms with Gasteiger partial charge in [0, 0.05) is 56.1 Å². The van der Waals surface area contributed by atoms with Gasteiger partial charge < -0.3 is 14.9 Å². The number of hydrogen-bond donors (Lipinski definition) is 1. The molecule has 2 aliphatic rings. The van der Waals surface area contributed by atoms with Crippen molar-refractivity contribution in [2.75, 3.05) is 44.2 Å². The number of rotatable bonds is 3. The highest BCUT2D eigenvalue weighted by molar-refractivity contribution is 6.31. The van der Waals surface area contributed by atoms with Gasteiger partial charge in [0.25, 0.3) is 5.91 Å². The normalized spacial score (nSPS) is 22.0. The second-order valence-corrected chi connectivity index (χ2v) is 8.97. The van der Waals surface area contributed by atoms with Crippen LogP contribution in [0.5, 0.6) is 0 Å². The maximum atomic E-state index is 12.8. The molecule has 1 amide bonds. The van der Waals surface area contributed by atoms with E-state index in [1.165, 1.54) is 6.33 Å². The smallest absolute Gasteiger partial charge is 0.253 e. The number of piperazine rings is 1. The number of anilines is 1. The van der Waals surface area contributed by atoms with Crippen molar-refractivity contribution in [2.45, 2.75) is 12.1 Å². The quantitative estimate of drug-likeness (QED) is 0.625. The van der Waals surface area contributed by atoms with E-state index in [0.29, 0.717) is 71.7 Å². The maximum Gasteiger partial charge on any atom is 0.253 e. The van der Waals surface area contributed by atoms with Crippen molar-refractivity contribution in [3.8, 4) is 0 Å². The van der Waals surface area contributed by atoms with E-state index in [1.807, 2.05) is 9.80 Å². The lowest BCUT2D eigenvalue weighted by Crippen LogP contribution is -2.54. The zero-order chi connectivity index (χ0) is 22.2. The van der Waals surface area contributed by atoms with Crippen LogP contribution in [0.4, 0.5) is 5.82 Å². The van der Waals surface area contributed by atoms with Crippen LogP contribution in [0.3, 0.4) is 0 Å². The van der Waals surface area contributed by atoms with Crippen LogP contribution in [-0.2, 0) is 0 Å². The molecule has 10 heteroatoms. The monoisotopic (exact) mass is 472 g/mol. The molecule has 0 spiro atoms. The predicted octanol–water partition coefficient (Wildman–Crippen LogP) is 2.34. The van der Waals surface area contributed by atoms with E-state index in [0.717, 1.165) is 0 Å². The average molecular weight is 473 g/mol. The Labute approximate surface area is 195 Å². The molecule has 2 saturated heterocycles. The third-order valence-electron chi connectivity index (χ3n) is 6.14. The highest BCUT2D eigenvalue weighted by Crippen LogP contribution is 2.28. The van der Waals surface area contributed by atoms with Gasteiger partial charge in [-0.25, -0.2) is 15.0 Å². The van der Waals surface area contributed by atoms with Crippen LogP contribution in [-0.4, -0.2) is 87.2 Å². The number of carbonyl (C=O) groups is 1. The van der Waals surface area contributed by atoms with Gasteiger partial charge in [0.05, 0.1) is 22.7 Å². The van der Waals surface area contributed by atoms with Gasteiger partial charge in [0.1, 0.15) is 11.8 Å². The van der Waals surface area contributed by atoms with Crippen molar-refractivity contribution in [3.05, 3.63) is 58.5 Å². The van der Waals surface area contributed by atoms with E-state index in [-0.39, 0.29) is 11.9 Å². The molecule has 0 bridgehead atoms. The highest BCUT2D eigenvalue weighted by Gasteiger charge is 2.38. The molecular weight excluding hydrogens is 451 g/mol. The number of aliphatic hydroxyl groups excluding tert-OH is 1. The second kappa shape index (κ2) is 8.78. The van der Waals surface area contributed by atoms with Crippen LogP contribution in [0.15, 0.2) is 42.9 Å². The van der Waals surface area contributed by atoms with Crippen LogP contribution >= 0.6 is 23.2 Å². The summed E-state index contributed by atoms with van der Waals surface area (Å²) < 4.78 is 0. The molecule has 5 rings (SSSR count). The summed E-state index contributed by atoms with van der Waals surface area (Å²) in [5.74, 6) is 0.705. The number of carbonyl (C=O) groups excluding carboxylic acids is 1. The number of pyridine rings is 1. The molecule has 4 heterocycles. The first kappa shape index (κ1) is 21.3. The first-order valence-corrected chi connectivity index (χ1v) is 11.2. The molecule has 2 aromatic heterocycles. The van der Waals surface area contributed by atoms with Crippen LogP contribution in [0.1, 0.15) is 10.4 Å². The van der Waals surface area contributed by atoms with E-state index >= 15 is 0 Å². The molecule has 2 atom stereocenters. The number of β-amino-alcohol motifs (C(OH)–C–C–N with tert-alkyl or cyclic N) is 1. The fraction of sp³-hybridized carbons (Fsp3) is 0.364. The number of aromatic nitrogens is 3. The predicted molar refractivity (Wildman–Crippen MR) is 123 cm³/mol. The van der Waals surface area contributed by atoms with Crippen molar-refractivity contribution >= 4 is 46.0 Å². The molecule has 3 aromatic rings. The molecule has 2 fully saturated rings. The minimum Gasteiger partial charge on any atom is -0.390 e. The Morgan fingerprint density at radius 3 is 2.47 bits per heavy atom. The van der Waals surface area contributed by atoms with Crippen LogP contribution in [0.2, 0.25) is 10.0 Å². The first-order valence-electron chi connectivity index (χ1n) is 10.5. The fourth-order valence-corrected chi connectivity index (χ4v) is 4.75. The molecule has 0 saturated carbocycles. The zero-order valence-corrected chi connectivity index (χ0v) is 18.7. The number of hydrogen-bond acceptors (Lipinski definition) is 7. The SMILES string of the molecule is O=C(c1ccc(Cl)cc1)N1CCN(C2CN(c3ncnc4cc(Cl)cnc34)CC2O)CC1. The van der Waals surface area contributed by atoms with Crippen molar-refractivity contribution in [1.29, 1.82) is 0 Å². The Morgan fingerprint density at radius 2 is 1.72 bits per heavy atom. The van der Waals surface area contributed by atoms with Gasteiger partial charge in [-0.3, -0.25) is 9.69 Å². The van der Waals surface area contributed by atoms with Crippen LogP contribution in [0, 0.1) is 0 Å². The van der Waals surface area contributed by atoms with Crippen LogP contribution < -0.4 is 4.90 Å².